The number of nitrogens with zero attached hydrogens (tertiary/aromatic N) is 5. The molecule has 4 atom stereocenters. The van der Waals surface area contributed by atoms with E-state index < -0.39 is 31.2 Å². The van der Waals surface area contributed by atoms with E-state index in [0.717, 1.165) is 30.1 Å². The maximum atomic E-state index is 7.33. The predicted molar refractivity (Wildman–Crippen MR) is 190 cm³/mol. The molecular weight excluding hydrogens is 603 g/mol. The van der Waals surface area contributed by atoms with Crippen molar-refractivity contribution in [1.82, 2.24) is 19.5 Å². The van der Waals surface area contributed by atoms with Crippen LogP contribution in [0.1, 0.15) is 82.4 Å². The topological polar surface area (TPSA) is 83.8 Å². The zero-order valence-corrected chi connectivity index (χ0v) is 34.0. The van der Waals surface area contributed by atoms with Crippen LogP contribution in [0.3, 0.4) is 0 Å². The lowest BCUT2D eigenvalue weighted by Gasteiger charge is -2.44. The van der Waals surface area contributed by atoms with E-state index in [4.69, 9.17) is 28.0 Å². The zero-order valence-electron chi connectivity index (χ0n) is 31.0. The van der Waals surface area contributed by atoms with Gasteiger partial charge in [-0.25, -0.2) is 15.0 Å². The van der Waals surface area contributed by atoms with Gasteiger partial charge in [-0.2, -0.15) is 0 Å². The van der Waals surface area contributed by atoms with Crippen molar-refractivity contribution in [2.45, 2.75) is 155 Å². The first kappa shape index (κ1) is 37.3. The van der Waals surface area contributed by atoms with Gasteiger partial charge in [0.1, 0.15) is 24.6 Å². The number of aromatic nitrogens is 4. The smallest absolute Gasteiger partial charge is 0.192 e. The first-order chi connectivity index (χ1) is 19.9. The Balaban J connectivity index is 2.20. The van der Waals surface area contributed by atoms with Crippen LogP contribution in [0.25, 0.3) is 11.2 Å². The molecule has 0 bridgehead atoms. The Hall–Kier alpha value is -1.16. The van der Waals surface area contributed by atoms with Crippen molar-refractivity contribution in [1.29, 1.82) is 0 Å². The molecule has 0 aliphatic carbocycles. The first-order valence-electron chi connectivity index (χ1n) is 16.5. The fourth-order valence-electron chi connectivity index (χ4n) is 4.66. The van der Waals surface area contributed by atoms with Crippen LogP contribution >= 0.6 is 0 Å². The summed E-state index contributed by atoms with van der Waals surface area (Å²) in [5.74, 6) is 0.838. The van der Waals surface area contributed by atoms with Crippen molar-refractivity contribution in [3.63, 3.8) is 0 Å². The number of rotatable bonds is 11. The second kappa shape index (κ2) is 12.8. The molecule has 1 aliphatic rings. The van der Waals surface area contributed by atoms with E-state index in [1.165, 1.54) is 0 Å². The van der Waals surface area contributed by atoms with Crippen molar-refractivity contribution in [2.24, 2.45) is 0 Å². The fraction of sp³-hybridized carbons (Fsp3) is 0.844. The van der Waals surface area contributed by atoms with E-state index in [2.05, 4.69) is 130 Å². The van der Waals surface area contributed by atoms with Gasteiger partial charge in [0.2, 0.25) is 0 Å². The lowest BCUT2D eigenvalue weighted by molar-refractivity contribution is -0.0470. The van der Waals surface area contributed by atoms with Gasteiger partial charge in [-0.15, -0.1) is 0 Å². The van der Waals surface area contributed by atoms with E-state index >= 15 is 0 Å². The minimum atomic E-state index is -2.27. The molecule has 9 nitrogen and oxygen atoms in total. The average molecular weight is 666 g/mol. The highest BCUT2D eigenvalue weighted by Gasteiger charge is 2.55. The molecule has 0 aromatic carbocycles. The van der Waals surface area contributed by atoms with Crippen LogP contribution in [-0.4, -0.2) is 82.5 Å². The summed E-state index contributed by atoms with van der Waals surface area (Å²) < 4.78 is 30.6. The molecule has 0 N–H and O–H groups in total. The molecule has 1 aliphatic heterocycles. The van der Waals surface area contributed by atoms with Crippen LogP contribution in [0, 0.1) is 0 Å². The van der Waals surface area contributed by atoms with Gasteiger partial charge in [-0.1, -0.05) is 62.3 Å². The predicted octanol–water partition coefficient (Wildman–Crippen LogP) is 8.37. The van der Waals surface area contributed by atoms with E-state index in [-0.39, 0.29) is 33.4 Å². The molecule has 3 heterocycles. The molecular formula is C32H63N5O4Si3. The van der Waals surface area contributed by atoms with E-state index in [1.807, 2.05) is 6.33 Å². The van der Waals surface area contributed by atoms with Crippen LogP contribution in [0.15, 0.2) is 12.7 Å². The fourth-order valence-corrected chi connectivity index (χ4v) is 8.27. The van der Waals surface area contributed by atoms with Gasteiger partial charge in [-0.05, 0) is 68.2 Å². The maximum absolute atomic E-state index is 7.33. The molecule has 44 heavy (non-hydrogen) atoms. The highest BCUT2D eigenvalue weighted by molar-refractivity contribution is 6.75. The summed E-state index contributed by atoms with van der Waals surface area (Å²) in [6, 6.07) is 0. The minimum absolute atomic E-state index is 0.00387. The molecule has 0 saturated carbocycles. The monoisotopic (exact) mass is 665 g/mol. The van der Waals surface area contributed by atoms with Crippen LogP contribution in [0.5, 0.6) is 0 Å². The molecule has 3 rings (SSSR count). The summed E-state index contributed by atoms with van der Waals surface area (Å²) in [5, 5.41) is 0.102. The molecule has 2 aromatic rings. The van der Waals surface area contributed by atoms with Gasteiger partial charge in [0.05, 0.1) is 12.9 Å². The van der Waals surface area contributed by atoms with Crippen molar-refractivity contribution in [3.8, 4) is 0 Å². The minimum Gasteiger partial charge on any atom is -0.414 e. The second-order valence-electron chi connectivity index (χ2n) is 17.0. The maximum Gasteiger partial charge on any atom is 0.192 e. The Morgan fingerprint density at radius 3 is 1.73 bits per heavy atom. The van der Waals surface area contributed by atoms with E-state index in [1.54, 1.807) is 6.33 Å². The molecule has 12 heteroatoms. The third kappa shape index (κ3) is 7.52. The Bertz CT molecular complexity index is 1260. The molecule has 252 valence electrons. The molecule has 0 amide bonds. The Morgan fingerprint density at radius 1 is 0.750 bits per heavy atom. The lowest BCUT2D eigenvalue weighted by atomic mass is 10.1. The lowest BCUT2D eigenvalue weighted by Crippen LogP contribution is -2.54. The van der Waals surface area contributed by atoms with Crippen molar-refractivity contribution in [2.75, 3.05) is 24.6 Å². The third-order valence-electron chi connectivity index (χ3n) is 10.9. The molecule has 1 fully saturated rings. The summed E-state index contributed by atoms with van der Waals surface area (Å²) in [6.45, 7) is 40.7. The quantitative estimate of drug-likeness (QED) is 0.222. The Morgan fingerprint density at radius 2 is 1.25 bits per heavy atom. The van der Waals surface area contributed by atoms with Crippen LogP contribution in [0.2, 0.25) is 54.4 Å². The average Bonchev–Trinajstić information content (AvgIpc) is 3.43. The number of anilines is 1. The van der Waals surface area contributed by atoms with Gasteiger partial charge in [0.25, 0.3) is 0 Å². The Kier molecular flexibility index (Phi) is 10.9. The van der Waals surface area contributed by atoms with Crippen molar-refractivity contribution < 1.29 is 18.0 Å². The van der Waals surface area contributed by atoms with Gasteiger partial charge in [0.15, 0.2) is 48.2 Å². The van der Waals surface area contributed by atoms with Gasteiger partial charge < -0.3 is 22.9 Å². The molecule has 0 radical (unpaired) electrons. The number of imidazole rings is 1. The van der Waals surface area contributed by atoms with Crippen LogP contribution in [0.4, 0.5) is 5.82 Å². The van der Waals surface area contributed by atoms with E-state index in [0.29, 0.717) is 6.61 Å². The SMILES string of the molecule is CCN(CC)c1ncnc2c1ncn2[C@@H]1O[C@H](CO[Si](C)(C)C(C)(C)C)[C@@H](O[Si](C)(C)C(C)(C)C)[C@H]1O[Si](C)(C)C(C)(C)C. The molecule has 1 saturated heterocycles. The van der Waals surface area contributed by atoms with Crippen LogP contribution < -0.4 is 4.90 Å². The van der Waals surface area contributed by atoms with Crippen LogP contribution in [-0.2, 0) is 18.0 Å². The third-order valence-corrected chi connectivity index (χ3v) is 24.3. The summed E-state index contributed by atoms with van der Waals surface area (Å²) in [7, 11) is -6.56. The number of ether oxygens (including phenoxy) is 1. The van der Waals surface area contributed by atoms with Gasteiger partial charge >= 0.3 is 0 Å². The molecule has 0 unspecified atom stereocenters. The molecule has 2 aromatic heterocycles. The number of hydrogen-bond donors (Lipinski definition) is 0. The first-order valence-corrected chi connectivity index (χ1v) is 25.2. The Labute approximate surface area is 271 Å². The zero-order chi connectivity index (χ0) is 33.7. The summed E-state index contributed by atoms with van der Waals surface area (Å²) in [6.07, 6.45) is 2.04. The molecule has 0 spiro atoms. The van der Waals surface area contributed by atoms with Gasteiger partial charge in [0, 0.05) is 13.1 Å². The second-order valence-corrected chi connectivity index (χ2v) is 31.3. The summed E-state index contributed by atoms with van der Waals surface area (Å²) in [4.78, 5) is 16.4. The standard InChI is InChI=1S/C32H63N5O4Si3/c1-18-36(19-2)27-24-28(34-21-33-27)37(22-35-24)29-26(41-44(16,17)32(9,10)11)25(40-43(14,15)31(6,7)8)23(39-29)20-38-42(12,13)30(3,4)5/h21-23,25-26,29H,18-20H2,1-17H3/t23-,25-,26-,29-/m1/s1. The van der Waals surface area contributed by atoms with Crippen molar-refractivity contribution >= 4 is 41.9 Å². The van der Waals surface area contributed by atoms with E-state index in [9.17, 15) is 0 Å². The summed E-state index contributed by atoms with van der Waals surface area (Å²) >= 11 is 0. The van der Waals surface area contributed by atoms with Gasteiger partial charge in [-0.3, -0.25) is 4.57 Å². The summed E-state index contributed by atoms with van der Waals surface area (Å²) in [5.41, 5.74) is 1.52. The number of fused-ring (bicyclic) bond motifs is 1. The normalized spacial score (nSPS) is 22.7. The number of hydrogen-bond acceptors (Lipinski definition) is 8. The largest absolute Gasteiger partial charge is 0.414 e. The highest BCUT2D eigenvalue weighted by atomic mass is 28.4. The highest BCUT2D eigenvalue weighted by Crippen LogP contribution is 2.47. The van der Waals surface area contributed by atoms with Crippen molar-refractivity contribution in [3.05, 3.63) is 12.7 Å².